The lowest BCUT2D eigenvalue weighted by molar-refractivity contribution is -0.241. The fraction of sp³-hybridized carbons (Fsp3) is 0.586. The molecule has 12 heteroatoms. The number of aromatic hydroxyl groups is 1. The van der Waals surface area contributed by atoms with E-state index in [4.69, 9.17) is 18.3 Å². The van der Waals surface area contributed by atoms with Gasteiger partial charge in [0.25, 0.3) is 5.91 Å². The lowest BCUT2D eigenvalue weighted by atomic mass is 9.45. The van der Waals surface area contributed by atoms with Crippen molar-refractivity contribution in [3.63, 3.8) is 0 Å². The third-order valence-electron chi connectivity index (χ3n) is 9.59. The first kappa shape index (κ1) is 29.7. The van der Waals surface area contributed by atoms with Crippen molar-refractivity contribution in [1.29, 1.82) is 0 Å². The molecule has 4 aliphatic carbocycles. The molecule has 4 aliphatic rings. The fourth-order valence-corrected chi connectivity index (χ4v) is 9.15. The van der Waals surface area contributed by atoms with Gasteiger partial charge in [0, 0.05) is 41.6 Å². The number of ketones is 2. The molecule has 2 radical (unpaired) electrons. The number of nitrogens with two attached hydrogens (primary N) is 1. The summed E-state index contributed by atoms with van der Waals surface area (Å²) < 4.78 is 5.92. The summed E-state index contributed by atoms with van der Waals surface area (Å²) in [6.07, 6.45) is 0.0257. The number of ether oxygens (including phenoxy) is 1. The molecule has 2 saturated carbocycles. The first-order valence-corrected chi connectivity index (χ1v) is 15.0. The Balaban J connectivity index is 1.74. The summed E-state index contributed by atoms with van der Waals surface area (Å²) >= 11 is 1.70. The summed E-state index contributed by atoms with van der Waals surface area (Å²) in [4.78, 5) is 52.4. The second kappa shape index (κ2) is 10.8. The van der Waals surface area contributed by atoms with Gasteiger partial charge in [-0.05, 0) is 31.4 Å². The number of hydrogen-bond acceptors (Lipinski definition) is 10. The number of benzene rings is 1. The Morgan fingerprint density at radius 1 is 1.20 bits per heavy atom. The maximum Gasteiger partial charge on any atom is 0.305 e. The van der Waals surface area contributed by atoms with Crippen molar-refractivity contribution < 1.29 is 44.3 Å². The van der Waals surface area contributed by atoms with Gasteiger partial charge in [-0.25, -0.2) is 0 Å². The predicted octanol–water partition coefficient (Wildman–Crippen LogP) is 1.85. The van der Waals surface area contributed by atoms with Crippen LogP contribution in [0.4, 0.5) is 0 Å². The van der Waals surface area contributed by atoms with Gasteiger partial charge in [0.05, 0.1) is 18.8 Å². The molecule has 5 rings (SSSR count). The molecule has 218 valence electrons. The average Bonchev–Trinajstić information content (AvgIpc) is 3.43. The smallest absolute Gasteiger partial charge is 0.305 e. The molecule has 7 atom stereocenters. The zero-order chi connectivity index (χ0) is 29.9. The number of phenolic OH excluding ortho intramolecular Hbond substituents is 1. The van der Waals surface area contributed by atoms with Crippen LogP contribution in [0.5, 0.6) is 5.75 Å². The quantitative estimate of drug-likeness (QED) is 0.180. The van der Waals surface area contributed by atoms with Crippen molar-refractivity contribution in [2.45, 2.75) is 80.7 Å². The Bertz CT molecular complexity index is 1330. The summed E-state index contributed by atoms with van der Waals surface area (Å²) in [7, 11) is 5.59. The number of Topliss-reactive ketones (excluding diaryl/α,β-unsaturated/α-hetero) is 2. The van der Waals surface area contributed by atoms with Gasteiger partial charge in [-0.2, -0.15) is 11.8 Å². The summed E-state index contributed by atoms with van der Waals surface area (Å²) in [5.41, 5.74) is 0.297. The largest absolute Gasteiger partial charge is 0.508 e. The Labute approximate surface area is 243 Å². The molecule has 1 aromatic rings. The van der Waals surface area contributed by atoms with Gasteiger partial charge < -0.3 is 30.9 Å². The number of amides is 1. The normalized spacial score (nSPS) is 35.0. The lowest BCUT2D eigenvalue weighted by Crippen LogP contribution is -2.74. The predicted molar refractivity (Wildman–Crippen MR) is 149 cm³/mol. The van der Waals surface area contributed by atoms with E-state index in [1.165, 1.54) is 13.0 Å². The van der Waals surface area contributed by atoms with Gasteiger partial charge in [-0.1, -0.05) is 31.3 Å². The monoisotopic (exact) mass is 583 g/mol. The maximum absolute atomic E-state index is 14.3. The number of carbonyl (C=O) groups excluding carboxylic acids is 4. The highest BCUT2D eigenvalue weighted by Crippen LogP contribution is 2.63. The van der Waals surface area contributed by atoms with E-state index in [9.17, 15) is 39.6 Å². The van der Waals surface area contributed by atoms with Gasteiger partial charge >= 0.3 is 5.97 Å². The number of hydrogen-bond donors (Lipinski definition) is 5. The van der Waals surface area contributed by atoms with Crippen LogP contribution in [0.15, 0.2) is 29.5 Å². The topological polar surface area (TPSA) is 184 Å². The van der Waals surface area contributed by atoms with Crippen molar-refractivity contribution in [3.8, 4) is 5.75 Å². The summed E-state index contributed by atoms with van der Waals surface area (Å²) in [5.74, 6) is -7.60. The number of primary amides is 1. The maximum atomic E-state index is 14.3. The number of phenols is 1. The average molecular weight is 583 g/mol. The molecule has 0 aliphatic heterocycles. The van der Waals surface area contributed by atoms with Crippen LogP contribution in [-0.2, 0) is 19.1 Å². The second-order valence-electron chi connectivity index (χ2n) is 11.8. The van der Waals surface area contributed by atoms with Crippen LogP contribution in [-0.4, -0.2) is 80.5 Å². The number of aliphatic hydroxyl groups is 3. The number of esters is 1. The molecule has 0 bridgehead atoms. The van der Waals surface area contributed by atoms with Crippen LogP contribution in [0.1, 0.15) is 67.3 Å². The minimum atomic E-state index is -2.74. The first-order valence-electron chi connectivity index (χ1n) is 13.9. The van der Waals surface area contributed by atoms with E-state index < -0.39 is 82.2 Å². The molecule has 6 N–H and O–H groups in total. The summed E-state index contributed by atoms with van der Waals surface area (Å²) in [6, 6.07) is 4.68. The van der Waals surface area contributed by atoms with Gasteiger partial charge in [0.1, 0.15) is 29.3 Å². The highest BCUT2D eigenvalue weighted by molar-refractivity contribution is 7.99. The minimum absolute atomic E-state index is 0.0260. The van der Waals surface area contributed by atoms with Gasteiger partial charge in [-0.15, -0.1) is 0 Å². The molecule has 41 heavy (non-hydrogen) atoms. The molecule has 0 heterocycles. The van der Waals surface area contributed by atoms with Gasteiger partial charge in [0.15, 0.2) is 17.2 Å². The van der Waals surface area contributed by atoms with Crippen LogP contribution < -0.4 is 5.73 Å². The molecule has 0 aromatic heterocycles. The third-order valence-corrected chi connectivity index (χ3v) is 11.1. The van der Waals surface area contributed by atoms with Crippen molar-refractivity contribution in [1.82, 2.24) is 0 Å². The van der Waals surface area contributed by atoms with Crippen molar-refractivity contribution in [2.24, 2.45) is 23.0 Å². The highest BCUT2D eigenvalue weighted by atomic mass is 32.2. The van der Waals surface area contributed by atoms with Crippen LogP contribution >= 0.6 is 11.8 Å². The number of fused-ring (bicyclic) bond motifs is 3. The standard InChI is InChI=1S/C29H34BNO9S/c1-28-22(15(12-41-13-5-2-3-6-13)14-7-4-8-17(32)20(14)24(28)35)23(40-19(34)9-10-30)16-11-18(33)21(26(31)37)25(36)29(16,39)27(28)38/h4,7-8,13,15-16,22-23,27,32,36,38-39H,2-3,5-6,9-12H2,1H3,(H2,31,37)/t15-,16+,22?,23+,27?,28?,29+/m0/s1. The number of aliphatic hydroxyl groups excluding tert-OH is 2. The minimum Gasteiger partial charge on any atom is -0.508 e. The molecule has 10 nitrogen and oxygen atoms in total. The molecule has 2 fully saturated rings. The molecule has 0 spiro atoms. The molecule has 1 amide bonds. The summed E-state index contributed by atoms with van der Waals surface area (Å²) in [6.45, 7) is 1.40. The zero-order valence-corrected chi connectivity index (χ0v) is 23.6. The second-order valence-corrected chi connectivity index (χ2v) is 13.1. The first-order chi connectivity index (χ1) is 19.4. The fourth-order valence-electron chi connectivity index (χ4n) is 7.62. The SMILES string of the molecule is [B]CCC(=O)O[C@H]1C2[C@@H](CSC3CCCC3)c3cccc(O)c3C(=O)C2(C)C(O)[C@]2(O)C(O)=C(C(N)=O)C(=O)C[C@H]12. The highest BCUT2D eigenvalue weighted by Gasteiger charge is 2.73. The number of thioether (sulfide) groups is 1. The molecule has 0 saturated heterocycles. The van der Waals surface area contributed by atoms with Gasteiger partial charge in [-0.3, -0.25) is 19.2 Å². The van der Waals surface area contributed by atoms with Crippen molar-refractivity contribution >= 4 is 43.1 Å². The van der Waals surface area contributed by atoms with E-state index in [1.807, 2.05) is 0 Å². The van der Waals surface area contributed by atoms with Crippen molar-refractivity contribution in [2.75, 3.05) is 5.75 Å². The number of rotatable bonds is 7. The Morgan fingerprint density at radius 2 is 1.88 bits per heavy atom. The van der Waals surface area contributed by atoms with Crippen LogP contribution in [0.2, 0.25) is 6.32 Å². The molecular formula is C29H34BNO9S. The van der Waals surface area contributed by atoms with Crippen LogP contribution in [0.3, 0.4) is 0 Å². The van der Waals surface area contributed by atoms with Crippen LogP contribution in [0.25, 0.3) is 0 Å². The van der Waals surface area contributed by atoms with Gasteiger partial charge in [0.2, 0.25) is 0 Å². The Morgan fingerprint density at radius 3 is 2.51 bits per heavy atom. The zero-order valence-electron chi connectivity index (χ0n) is 22.7. The summed E-state index contributed by atoms with van der Waals surface area (Å²) in [5, 5.41) is 46.4. The van der Waals surface area contributed by atoms with E-state index in [0.29, 0.717) is 16.6 Å². The Hall–Kier alpha value is -2.83. The van der Waals surface area contributed by atoms with E-state index in [-0.39, 0.29) is 24.1 Å². The van der Waals surface area contributed by atoms with Crippen LogP contribution in [0, 0.1) is 17.3 Å². The van der Waals surface area contributed by atoms with E-state index in [2.05, 4.69) is 0 Å². The lowest BCUT2D eigenvalue weighted by Gasteiger charge is -2.61. The van der Waals surface area contributed by atoms with E-state index >= 15 is 0 Å². The van der Waals surface area contributed by atoms with E-state index in [1.54, 1.807) is 23.9 Å². The van der Waals surface area contributed by atoms with Crippen molar-refractivity contribution in [3.05, 3.63) is 40.7 Å². The third kappa shape index (κ3) is 4.41. The van der Waals surface area contributed by atoms with E-state index in [0.717, 1.165) is 25.7 Å². The molecule has 3 unspecified atom stereocenters. The molecular weight excluding hydrogens is 549 g/mol. The number of carbonyl (C=O) groups is 4. The molecule has 1 aromatic carbocycles. The Kier molecular flexibility index (Phi) is 7.80.